The van der Waals surface area contributed by atoms with E-state index in [1.165, 1.54) is 13.4 Å². The van der Waals surface area contributed by atoms with Crippen LogP contribution in [-0.4, -0.2) is 40.5 Å². The van der Waals surface area contributed by atoms with Gasteiger partial charge in [-0.3, -0.25) is 4.79 Å². The van der Waals surface area contributed by atoms with Crippen LogP contribution in [0.4, 0.5) is 10.5 Å². The highest BCUT2D eigenvalue weighted by Gasteiger charge is 2.23. The summed E-state index contributed by atoms with van der Waals surface area (Å²) in [7, 11) is 1.31. The molecule has 0 saturated heterocycles. The molecule has 8 nitrogen and oxygen atoms in total. The molecule has 0 aliphatic carbocycles. The van der Waals surface area contributed by atoms with Crippen LogP contribution >= 0.6 is 0 Å². The molecule has 0 saturated carbocycles. The lowest BCUT2D eigenvalue weighted by Crippen LogP contribution is -2.41. The van der Waals surface area contributed by atoms with Crippen molar-refractivity contribution >= 4 is 17.7 Å². The molecule has 0 radical (unpaired) electrons. The Kier molecular flexibility index (Phi) is 4.28. The highest BCUT2D eigenvalue weighted by molar-refractivity contribution is 5.92. The molecular formula is C16H16N4O4. The fourth-order valence-corrected chi connectivity index (χ4v) is 2.55. The maximum absolute atomic E-state index is 12.3. The molecular weight excluding hydrogens is 312 g/mol. The molecule has 2 aromatic rings. The van der Waals surface area contributed by atoms with Gasteiger partial charge in [-0.15, -0.1) is 0 Å². The predicted octanol–water partition coefficient (Wildman–Crippen LogP) is 1.15. The Balaban J connectivity index is 1.68. The number of carbonyl (C=O) groups is 2. The zero-order chi connectivity index (χ0) is 17.1. The molecule has 0 fully saturated rings. The molecule has 3 rings (SSSR count). The highest BCUT2D eigenvalue weighted by Crippen LogP contribution is 2.16. The van der Waals surface area contributed by atoms with E-state index < -0.39 is 5.97 Å². The Morgan fingerprint density at radius 2 is 2.04 bits per heavy atom. The zero-order valence-corrected chi connectivity index (χ0v) is 13.0. The first kappa shape index (κ1) is 15.7. The highest BCUT2D eigenvalue weighted by atomic mass is 16.5. The molecule has 1 aliphatic heterocycles. The number of fused-ring (bicyclic) bond motifs is 1. The van der Waals surface area contributed by atoms with Gasteiger partial charge in [0.2, 0.25) is 0 Å². The monoisotopic (exact) mass is 328 g/mol. The van der Waals surface area contributed by atoms with E-state index in [0.717, 1.165) is 0 Å². The normalized spacial score (nSPS) is 13.1. The summed E-state index contributed by atoms with van der Waals surface area (Å²) in [5.74, 6) is -0.434. The minimum absolute atomic E-state index is 0.154. The summed E-state index contributed by atoms with van der Waals surface area (Å²) in [5.41, 5.74) is 2.06. The quantitative estimate of drug-likeness (QED) is 0.805. The smallest absolute Gasteiger partial charge is 0.337 e. The second kappa shape index (κ2) is 6.53. The van der Waals surface area contributed by atoms with Gasteiger partial charge < -0.3 is 19.9 Å². The molecule has 2 heterocycles. The first-order valence-corrected chi connectivity index (χ1v) is 7.38. The number of carbonyl (C=O) groups excluding carboxylic acids is 2. The Labute approximate surface area is 137 Å². The summed E-state index contributed by atoms with van der Waals surface area (Å²) in [5, 5.41) is 2.76. The summed E-state index contributed by atoms with van der Waals surface area (Å²) in [4.78, 5) is 43.7. The van der Waals surface area contributed by atoms with Crippen molar-refractivity contribution in [3.63, 3.8) is 0 Å². The van der Waals surface area contributed by atoms with E-state index in [2.05, 4.69) is 20.0 Å². The molecule has 2 amide bonds. The van der Waals surface area contributed by atoms with Gasteiger partial charge in [0.05, 0.1) is 31.2 Å². The molecule has 1 aromatic heterocycles. The third kappa shape index (κ3) is 3.12. The van der Waals surface area contributed by atoms with Crippen LogP contribution in [0.2, 0.25) is 0 Å². The molecule has 8 heteroatoms. The number of methoxy groups -OCH3 is 1. The minimum Gasteiger partial charge on any atom is -0.465 e. The van der Waals surface area contributed by atoms with Gasteiger partial charge in [0.15, 0.2) is 0 Å². The fourth-order valence-electron chi connectivity index (χ4n) is 2.55. The summed E-state index contributed by atoms with van der Waals surface area (Å²) in [6.07, 6.45) is 1.81. The van der Waals surface area contributed by atoms with Crippen molar-refractivity contribution in [3.8, 4) is 0 Å². The third-order valence-corrected chi connectivity index (χ3v) is 3.86. The largest absolute Gasteiger partial charge is 0.465 e. The maximum Gasteiger partial charge on any atom is 0.337 e. The first-order chi connectivity index (χ1) is 11.6. The number of aromatic amines is 1. The van der Waals surface area contributed by atoms with Crippen LogP contribution in [-0.2, 0) is 17.7 Å². The Morgan fingerprint density at radius 3 is 2.75 bits per heavy atom. The number of hydrogen-bond donors (Lipinski definition) is 2. The van der Waals surface area contributed by atoms with Crippen molar-refractivity contribution in [2.45, 2.75) is 13.0 Å². The number of rotatable bonds is 2. The van der Waals surface area contributed by atoms with E-state index in [-0.39, 0.29) is 18.1 Å². The van der Waals surface area contributed by atoms with Crippen LogP contribution in [0.3, 0.4) is 0 Å². The number of esters is 1. The lowest BCUT2D eigenvalue weighted by Gasteiger charge is -2.27. The Bertz CT molecular complexity index is 829. The van der Waals surface area contributed by atoms with Crippen LogP contribution in [0, 0.1) is 0 Å². The van der Waals surface area contributed by atoms with Crippen LogP contribution in [0.5, 0.6) is 0 Å². The maximum atomic E-state index is 12.3. The van der Waals surface area contributed by atoms with Gasteiger partial charge in [0.1, 0.15) is 0 Å². The van der Waals surface area contributed by atoms with Gasteiger partial charge in [-0.25, -0.2) is 14.6 Å². The fraction of sp³-hybridized carbons (Fsp3) is 0.250. The predicted molar refractivity (Wildman–Crippen MR) is 85.8 cm³/mol. The molecule has 0 atom stereocenters. The van der Waals surface area contributed by atoms with Gasteiger partial charge in [-0.1, -0.05) is 0 Å². The molecule has 1 aliphatic rings. The third-order valence-electron chi connectivity index (χ3n) is 3.86. The van der Waals surface area contributed by atoms with Crippen molar-refractivity contribution in [1.82, 2.24) is 14.9 Å². The Morgan fingerprint density at radius 1 is 1.29 bits per heavy atom. The SMILES string of the molecule is COC(=O)c1ccc(NC(=O)N2CCc3c(nc[nH]c3=O)C2)cc1. The van der Waals surface area contributed by atoms with Gasteiger partial charge in [-0.05, 0) is 30.7 Å². The van der Waals surface area contributed by atoms with Crippen molar-refractivity contribution < 1.29 is 14.3 Å². The van der Waals surface area contributed by atoms with Crippen LogP contribution in [0.1, 0.15) is 21.6 Å². The second-order valence-corrected chi connectivity index (χ2v) is 5.33. The summed E-state index contributed by atoms with van der Waals surface area (Å²) < 4.78 is 4.63. The number of benzene rings is 1. The first-order valence-electron chi connectivity index (χ1n) is 7.38. The molecule has 0 unspecified atom stereocenters. The molecule has 1 aromatic carbocycles. The molecule has 2 N–H and O–H groups in total. The number of anilines is 1. The number of amides is 2. The second-order valence-electron chi connectivity index (χ2n) is 5.33. The molecule has 0 bridgehead atoms. The van der Waals surface area contributed by atoms with Gasteiger partial charge in [-0.2, -0.15) is 0 Å². The van der Waals surface area contributed by atoms with Crippen molar-refractivity contribution in [1.29, 1.82) is 0 Å². The van der Waals surface area contributed by atoms with E-state index in [1.807, 2.05) is 0 Å². The summed E-state index contributed by atoms with van der Waals surface area (Å²) in [6, 6.07) is 6.13. The topological polar surface area (TPSA) is 104 Å². The van der Waals surface area contributed by atoms with E-state index in [1.54, 1.807) is 29.2 Å². The van der Waals surface area contributed by atoms with Crippen molar-refractivity contribution in [2.75, 3.05) is 19.0 Å². The number of nitrogens with one attached hydrogen (secondary N) is 2. The van der Waals surface area contributed by atoms with Gasteiger partial charge >= 0.3 is 12.0 Å². The lowest BCUT2D eigenvalue weighted by molar-refractivity contribution is 0.0601. The molecule has 124 valence electrons. The number of hydrogen-bond acceptors (Lipinski definition) is 5. The van der Waals surface area contributed by atoms with Crippen molar-refractivity contribution in [2.24, 2.45) is 0 Å². The van der Waals surface area contributed by atoms with E-state index in [0.29, 0.717) is 35.5 Å². The van der Waals surface area contributed by atoms with Crippen LogP contribution in [0.15, 0.2) is 35.4 Å². The molecule has 24 heavy (non-hydrogen) atoms. The average Bonchev–Trinajstić information content (AvgIpc) is 2.61. The lowest BCUT2D eigenvalue weighted by atomic mass is 10.1. The zero-order valence-electron chi connectivity index (χ0n) is 13.0. The van der Waals surface area contributed by atoms with Crippen molar-refractivity contribution in [3.05, 3.63) is 57.8 Å². The molecule has 0 spiro atoms. The number of ether oxygens (including phenoxy) is 1. The number of H-pyrrole nitrogens is 1. The van der Waals surface area contributed by atoms with Crippen LogP contribution in [0.25, 0.3) is 0 Å². The van der Waals surface area contributed by atoms with E-state index in [9.17, 15) is 14.4 Å². The van der Waals surface area contributed by atoms with E-state index in [4.69, 9.17) is 0 Å². The van der Waals surface area contributed by atoms with E-state index >= 15 is 0 Å². The van der Waals surface area contributed by atoms with Gasteiger partial charge in [0.25, 0.3) is 5.56 Å². The minimum atomic E-state index is -0.434. The average molecular weight is 328 g/mol. The van der Waals surface area contributed by atoms with Gasteiger partial charge in [0, 0.05) is 17.8 Å². The summed E-state index contributed by atoms with van der Waals surface area (Å²) >= 11 is 0. The van der Waals surface area contributed by atoms with Crippen LogP contribution < -0.4 is 10.9 Å². The Hall–Kier alpha value is -3.16. The summed E-state index contributed by atoms with van der Waals surface area (Å²) in [6.45, 7) is 0.721. The number of urea groups is 1. The standard InChI is InChI=1S/C16H16N4O4/c1-24-15(22)10-2-4-11(5-3-10)19-16(23)20-7-6-12-13(8-20)17-9-18-14(12)21/h2-5,9H,6-8H2,1H3,(H,19,23)(H,17,18,21). The number of nitrogens with zero attached hydrogens (tertiary/aromatic N) is 2. The number of aromatic nitrogens is 2.